The van der Waals surface area contributed by atoms with Crippen molar-refractivity contribution in [1.82, 2.24) is 4.98 Å². The van der Waals surface area contributed by atoms with Gasteiger partial charge in [-0.05, 0) is 5.92 Å². The summed E-state index contributed by atoms with van der Waals surface area (Å²) in [7, 11) is 0. The van der Waals surface area contributed by atoms with Crippen molar-refractivity contribution < 1.29 is 14.7 Å². The Morgan fingerprint density at radius 1 is 1.57 bits per heavy atom. The zero-order valence-electron chi connectivity index (χ0n) is 7.98. The van der Waals surface area contributed by atoms with Gasteiger partial charge in [-0.2, -0.15) is 0 Å². The van der Waals surface area contributed by atoms with E-state index < -0.39 is 5.97 Å². The molecular weight excluding hydrogens is 202 g/mol. The van der Waals surface area contributed by atoms with E-state index >= 15 is 0 Å². The maximum atomic E-state index is 11.4. The SMILES string of the molecule is CC(C)CC(=O)c1ncc(C(=O)O)s1. The molecule has 0 unspecified atom stereocenters. The summed E-state index contributed by atoms with van der Waals surface area (Å²) in [6.07, 6.45) is 1.63. The molecular formula is C9H11NO3S. The van der Waals surface area contributed by atoms with Crippen LogP contribution >= 0.6 is 11.3 Å². The normalized spacial score (nSPS) is 10.5. The summed E-state index contributed by atoms with van der Waals surface area (Å²) < 4.78 is 0. The highest BCUT2D eigenvalue weighted by Gasteiger charge is 2.15. The Hall–Kier alpha value is -1.23. The standard InChI is InChI=1S/C9H11NO3S/c1-5(2)3-6(11)8-10-4-7(14-8)9(12)13/h4-5H,3H2,1-2H3,(H,12,13). The van der Waals surface area contributed by atoms with Crippen LogP contribution in [-0.4, -0.2) is 21.8 Å². The fourth-order valence-electron chi connectivity index (χ4n) is 0.960. The zero-order chi connectivity index (χ0) is 10.7. The van der Waals surface area contributed by atoms with Crippen LogP contribution in [0.1, 0.15) is 39.7 Å². The molecule has 0 atom stereocenters. The van der Waals surface area contributed by atoms with Crippen molar-refractivity contribution in [3.63, 3.8) is 0 Å². The lowest BCUT2D eigenvalue weighted by atomic mass is 10.1. The molecule has 0 saturated heterocycles. The van der Waals surface area contributed by atoms with Crippen molar-refractivity contribution in [3.8, 4) is 0 Å². The Kier molecular flexibility index (Phi) is 3.35. The second kappa shape index (κ2) is 4.32. The molecule has 0 aliphatic rings. The van der Waals surface area contributed by atoms with E-state index in [4.69, 9.17) is 5.11 Å². The lowest BCUT2D eigenvalue weighted by molar-refractivity contribution is 0.0701. The molecule has 0 bridgehead atoms. The molecule has 0 spiro atoms. The van der Waals surface area contributed by atoms with E-state index in [2.05, 4.69) is 4.98 Å². The highest BCUT2D eigenvalue weighted by Crippen LogP contribution is 2.16. The van der Waals surface area contributed by atoms with Gasteiger partial charge in [0.25, 0.3) is 0 Å². The van der Waals surface area contributed by atoms with Gasteiger partial charge in [0, 0.05) is 6.42 Å². The number of rotatable bonds is 4. The van der Waals surface area contributed by atoms with E-state index in [1.807, 2.05) is 13.8 Å². The van der Waals surface area contributed by atoms with Crippen molar-refractivity contribution in [3.05, 3.63) is 16.1 Å². The summed E-state index contributed by atoms with van der Waals surface area (Å²) in [6, 6.07) is 0. The Labute approximate surface area is 85.6 Å². The van der Waals surface area contributed by atoms with Gasteiger partial charge in [-0.25, -0.2) is 9.78 Å². The molecule has 5 heteroatoms. The van der Waals surface area contributed by atoms with Crippen LogP contribution in [-0.2, 0) is 0 Å². The van der Waals surface area contributed by atoms with Gasteiger partial charge in [0.1, 0.15) is 4.88 Å². The number of hydrogen-bond acceptors (Lipinski definition) is 4. The highest BCUT2D eigenvalue weighted by atomic mass is 32.1. The summed E-state index contributed by atoms with van der Waals surface area (Å²) in [5.41, 5.74) is 0. The summed E-state index contributed by atoms with van der Waals surface area (Å²) in [6.45, 7) is 3.87. The van der Waals surface area contributed by atoms with Crippen LogP contribution in [0.2, 0.25) is 0 Å². The van der Waals surface area contributed by atoms with Crippen LogP contribution < -0.4 is 0 Å². The van der Waals surface area contributed by atoms with Gasteiger partial charge in [0.15, 0.2) is 10.8 Å². The number of ketones is 1. The fraction of sp³-hybridized carbons (Fsp3) is 0.444. The summed E-state index contributed by atoms with van der Waals surface area (Å²) in [4.78, 5) is 25.9. The first kappa shape index (κ1) is 10.8. The van der Waals surface area contributed by atoms with Crippen molar-refractivity contribution in [2.24, 2.45) is 5.92 Å². The second-order valence-corrected chi connectivity index (χ2v) is 4.39. The minimum absolute atomic E-state index is 0.0856. The smallest absolute Gasteiger partial charge is 0.347 e. The predicted molar refractivity (Wildman–Crippen MR) is 52.9 cm³/mol. The third-order valence-corrected chi connectivity index (χ3v) is 2.58. The minimum Gasteiger partial charge on any atom is -0.477 e. The van der Waals surface area contributed by atoms with Crippen LogP contribution in [0.4, 0.5) is 0 Å². The first-order valence-corrected chi connectivity index (χ1v) is 5.04. The number of carbonyl (C=O) groups is 2. The molecule has 0 aliphatic carbocycles. The predicted octanol–water partition coefficient (Wildman–Crippen LogP) is 2.07. The van der Waals surface area contributed by atoms with Crippen LogP contribution in [0.5, 0.6) is 0 Å². The van der Waals surface area contributed by atoms with Crippen LogP contribution in [0.3, 0.4) is 0 Å². The number of nitrogens with zero attached hydrogens (tertiary/aromatic N) is 1. The molecule has 1 aromatic heterocycles. The molecule has 1 heterocycles. The van der Waals surface area contributed by atoms with Gasteiger partial charge < -0.3 is 5.11 Å². The Balaban J connectivity index is 2.76. The van der Waals surface area contributed by atoms with Crippen molar-refractivity contribution in [1.29, 1.82) is 0 Å². The Bertz CT molecular complexity index is 357. The third-order valence-electron chi connectivity index (χ3n) is 1.55. The maximum Gasteiger partial charge on any atom is 0.347 e. The molecule has 0 aromatic carbocycles. The maximum absolute atomic E-state index is 11.4. The topological polar surface area (TPSA) is 67.3 Å². The first-order valence-electron chi connectivity index (χ1n) is 4.23. The van der Waals surface area contributed by atoms with E-state index in [1.165, 1.54) is 6.20 Å². The fourth-order valence-corrected chi connectivity index (χ4v) is 1.66. The first-order chi connectivity index (χ1) is 6.50. The average Bonchev–Trinajstić information content (AvgIpc) is 2.50. The second-order valence-electron chi connectivity index (χ2n) is 3.36. The number of aromatic nitrogens is 1. The van der Waals surface area contributed by atoms with E-state index in [1.54, 1.807) is 0 Å². The van der Waals surface area contributed by atoms with Gasteiger partial charge in [-0.1, -0.05) is 13.8 Å². The molecule has 76 valence electrons. The number of carbonyl (C=O) groups excluding carboxylic acids is 1. The van der Waals surface area contributed by atoms with Gasteiger partial charge in [-0.3, -0.25) is 4.79 Å². The van der Waals surface area contributed by atoms with Crippen molar-refractivity contribution in [2.75, 3.05) is 0 Å². The average molecular weight is 213 g/mol. The van der Waals surface area contributed by atoms with Gasteiger partial charge in [-0.15, -0.1) is 11.3 Å². The molecule has 0 fully saturated rings. The van der Waals surface area contributed by atoms with Crippen LogP contribution in [0.15, 0.2) is 6.20 Å². The van der Waals surface area contributed by atoms with E-state index in [0.29, 0.717) is 6.42 Å². The van der Waals surface area contributed by atoms with E-state index in [-0.39, 0.29) is 21.6 Å². The van der Waals surface area contributed by atoms with Crippen LogP contribution in [0.25, 0.3) is 0 Å². The molecule has 4 nitrogen and oxygen atoms in total. The Morgan fingerprint density at radius 2 is 2.21 bits per heavy atom. The van der Waals surface area contributed by atoms with E-state index in [9.17, 15) is 9.59 Å². The highest BCUT2D eigenvalue weighted by molar-refractivity contribution is 7.15. The number of hydrogen-bond donors (Lipinski definition) is 1. The van der Waals surface area contributed by atoms with Crippen LogP contribution in [0, 0.1) is 5.92 Å². The molecule has 0 radical (unpaired) electrons. The number of thiazole rings is 1. The number of aromatic carboxylic acids is 1. The molecule has 1 rings (SSSR count). The molecule has 0 aliphatic heterocycles. The summed E-state index contributed by atoms with van der Waals surface area (Å²) in [5.74, 6) is -0.858. The van der Waals surface area contributed by atoms with Gasteiger partial charge in [0.05, 0.1) is 6.20 Å². The molecule has 0 amide bonds. The summed E-state index contributed by atoms with van der Waals surface area (Å²) in [5, 5.41) is 8.91. The summed E-state index contributed by atoms with van der Waals surface area (Å²) >= 11 is 0.931. The van der Waals surface area contributed by atoms with Gasteiger partial charge in [0.2, 0.25) is 0 Å². The zero-order valence-corrected chi connectivity index (χ0v) is 8.80. The monoisotopic (exact) mass is 213 g/mol. The van der Waals surface area contributed by atoms with Crippen molar-refractivity contribution in [2.45, 2.75) is 20.3 Å². The molecule has 1 aromatic rings. The lowest BCUT2D eigenvalue weighted by Gasteiger charge is -1.99. The molecule has 1 N–H and O–H groups in total. The molecule has 14 heavy (non-hydrogen) atoms. The molecule has 0 saturated carbocycles. The quantitative estimate of drug-likeness (QED) is 0.777. The van der Waals surface area contributed by atoms with E-state index in [0.717, 1.165) is 11.3 Å². The number of Topliss-reactive ketones (excluding diaryl/α,β-unsaturated/α-hetero) is 1. The van der Waals surface area contributed by atoms with Crippen molar-refractivity contribution >= 4 is 23.1 Å². The number of carboxylic acid groups (broad SMARTS) is 1. The Morgan fingerprint density at radius 3 is 2.64 bits per heavy atom. The largest absolute Gasteiger partial charge is 0.477 e. The lowest BCUT2D eigenvalue weighted by Crippen LogP contribution is -2.02. The third kappa shape index (κ3) is 2.63. The van der Waals surface area contributed by atoms with Gasteiger partial charge >= 0.3 is 5.97 Å². The minimum atomic E-state index is -1.04. The number of carboxylic acids is 1.